The van der Waals surface area contributed by atoms with Gasteiger partial charge in [0, 0.05) is 31.0 Å². The van der Waals surface area contributed by atoms with Crippen molar-refractivity contribution in [3.05, 3.63) is 77.1 Å². The van der Waals surface area contributed by atoms with Crippen LogP contribution in [0.4, 0.5) is 16.2 Å². The number of hydrogen-bond acceptors (Lipinski definition) is 6. The number of halogens is 1. The number of aromatic carboxylic acids is 1. The van der Waals surface area contributed by atoms with Crippen LogP contribution in [0.2, 0.25) is 5.02 Å². The number of urea groups is 1. The van der Waals surface area contributed by atoms with E-state index in [9.17, 15) is 14.4 Å². The van der Waals surface area contributed by atoms with Crippen LogP contribution in [-0.2, 0) is 16.1 Å². The zero-order valence-electron chi connectivity index (χ0n) is 18.4. The average molecular weight is 497 g/mol. The van der Waals surface area contributed by atoms with Crippen LogP contribution >= 0.6 is 11.6 Å². The molecule has 10 nitrogen and oxygen atoms in total. The standard InChI is InChI=1S/C24H21ClN4O6/c25-19-11-16(3-6-21(19)29-9-10-34-14-22(29)30)28-24(33)27-13-15-1-4-17(5-2-15)35-18-7-8-26-20(12-18)23(31)32/h1-8,11-12H,9-10,13-14H2,(H,31,32)(H2,27,28,33). The molecule has 180 valence electrons. The minimum absolute atomic E-state index is 0.0151. The highest BCUT2D eigenvalue weighted by molar-refractivity contribution is 6.34. The minimum atomic E-state index is -1.14. The number of morpholine rings is 1. The molecule has 4 rings (SSSR count). The van der Waals surface area contributed by atoms with E-state index in [4.69, 9.17) is 26.2 Å². The lowest BCUT2D eigenvalue weighted by Crippen LogP contribution is -2.41. The Labute approximate surface area is 205 Å². The van der Waals surface area contributed by atoms with E-state index in [1.807, 2.05) is 0 Å². The van der Waals surface area contributed by atoms with Gasteiger partial charge in [-0.05, 0) is 42.0 Å². The third-order valence-electron chi connectivity index (χ3n) is 5.04. The molecule has 35 heavy (non-hydrogen) atoms. The van der Waals surface area contributed by atoms with Crippen molar-refractivity contribution in [2.75, 3.05) is 30.0 Å². The molecule has 1 saturated heterocycles. The number of hydrogen-bond donors (Lipinski definition) is 3. The SMILES string of the molecule is O=C(NCc1ccc(Oc2ccnc(C(=O)O)c2)cc1)Nc1ccc(N2CCOCC2=O)c(Cl)c1. The van der Waals surface area contributed by atoms with Crippen LogP contribution in [-0.4, -0.2) is 47.8 Å². The van der Waals surface area contributed by atoms with Gasteiger partial charge in [0.05, 0.1) is 17.3 Å². The van der Waals surface area contributed by atoms with E-state index in [2.05, 4.69) is 15.6 Å². The molecule has 11 heteroatoms. The fourth-order valence-electron chi connectivity index (χ4n) is 3.34. The molecule has 1 aliphatic rings. The summed E-state index contributed by atoms with van der Waals surface area (Å²) in [5, 5.41) is 14.8. The molecule has 0 spiro atoms. The zero-order valence-corrected chi connectivity index (χ0v) is 19.1. The number of nitrogens with zero attached hydrogens (tertiary/aromatic N) is 2. The van der Waals surface area contributed by atoms with Gasteiger partial charge in [0.1, 0.15) is 18.1 Å². The summed E-state index contributed by atoms with van der Waals surface area (Å²) in [4.78, 5) is 40.6. The van der Waals surface area contributed by atoms with Crippen molar-refractivity contribution < 1.29 is 29.0 Å². The molecular formula is C24H21ClN4O6. The van der Waals surface area contributed by atoms with Crippen molar-refractivity contribution in [2.45, 2.75) is 6.54 Å². The van der Waals surface area contributed by atoms with Gasteiger partial charge in [0.15, 0.2) is 5.69 Å². The summed E-state index contributed by atoms with van der Waals surface area (Å²) in [5.74, 6) is -0.445. The molecule has 0 radical (unpaired) electrons. The molecule has 1 aromatic heterocycles. The van der Waals surface area contributed by atoms with Crippen molar-refractivity contribution in [2.24, 2.45) is 0 Å². The van der Waals surface area contributed by atoms with Crippen LogP contribution in [0.5, 0.6) is 11.5 Å². The largest absolute Gasteiger partial charge is 0.477 e. The highest BCUT2D eigenvalue weighted by Crippen LogP contribution is 2.30. The van der Waals surface area contributed by atoms with Gasteiger partial charge in [-0.3, -0.25) is 4.79 Å². The highest BCUT2D eigenvalue weighted by Gasteiger charge is 2.22. The van der Waals surface area contributed by atoms with Gasteiger partial charge in [0.25, 0.3) is 5.91 Å². The first-order chi connectivity index (χ1) is 16.9. The summed E-state index contributed by atoms with van der Waals surface area (Å²) in [6.45, 7) is 1.13. The molecular weight excluding hydrogens is 476 g/mol. The van der Waals surface area contributed by atoms with Crippen LogP contribution in [0.1, 0.15) is 16.1 Å². The lowest BCUT2D eigenvalue weighted by molar-refractivity contribution is -0.125. The predicted octanol–water partition coefficient (Wildman–Crippen LogP) is 3.91. The number of ether oxygens (including phenoxy) is 2. The number of benzene rings is 2. The Balaban J connectivity index is 1.29. The number of carboxylic acid groups (broad SMARTS) is 1. The van der Waals surface area contributed by atoms with E-state index in [1.54, 1.807) is 53.4 Å². The molecule has 1 fully saturated rings. The number of carboxylic acids is 1. The maximum atomic E-state index is 12.3. The topological polar surface area (TPSA) is 130 Å². The summed E-state index contributed by atoms with van der Waals surface area (Å²) in [5.41, 5.74) is 1.77. The van der Waals surface area contributed by atoms with Gasteiger partial charge in [-0.15, -0.1) is 0 Å². The van der Waals surface area contributed by atoms with Crippen LogP contribution in [0, 0.1) is 0 Å². The fraction of sp³-hybridized carbons (Fsp3) is 0.167. The summed E-state index contributed by atoms with van der Waals surface area (Å²) in [7, 11) is 0. The third-order valence-corrected chi connectivity index (χ3v) is 5.35. The van der Waals surface area contributed by atoms with Crippen molar-refractivity contribution in [1.82, 2.24) is 10.3 Å². The Kier molecular flexibility index (Phi) is 7.44. The van der Waals surface area contributed by atoms with Crippen LogP contribution in [0.3, 0.4) is 0 Å². The monoisotopic (exact) mass is 496 g/mol. The molecule has 0 unspecified atom stereocenters. The summed E-state index contributed by atoms with van der Waals surface area (Å²) in [6.07, 6.45) is 1.36. The second-order valence-corrected chi connectivity index (χ2v) is 7.91. The molecule has 0 atom stereocenters. The van der Waals surface area contributed by atoms with Gasteiger partial charge < -0.3 is 30.1 Å². The molecule has 3 aromatic rings. The number of pyridine rings is 1. The highest BCUT2D eigenvalue weighted by atomic mass is 35.5. The predicted molar refractivity (Wildman–Crippen MR) is 128 cm³/mol. The molecule has 1 aliphatic heterocycles. The van der Waals surface area contributed by atoms with Crippen LogP contribution in [0.25, 0.3) is 0 Å². The first kappa shape index (κ1) is 24.0. The summed E-state index contributed by atoms with van der Waals surface area (Å²) in [6, 6.07) is 14.4. The van der Waals surface area contributed by atoms with Crippen LogP contribution < -0.4 is 20.3 Å². The number of anilines is 2. The number of rotatable bonds is 7. The Hall–Kier alpha value is -4.15. The second kappa shape index (κ2) is 10.9. The summed E-state index contributed by atoms with van der Waals surface area (Å²) < 4.78 is 10.8. The maximum Gasteiger partial charge on any atom is 0.354 e. The van der Waals surface area contributed by atoms with E-state index in [0.29, 0.717) is 41.0 Å². The molecule has 3 amide bonds. The van der Waals surface area contributed by atoms with Gasteiger partial charge in [-0.25, -0.2) is 14.6 Å². The van der Waals surface area contributed by atoms with E-state index >= 15 is 0 Å². The Morgan fingerprint density at radius 1 is 1.11 bits per heavy atom. The lowest BCUT2D eigenvalue weighted by atomic mass is 10.2. The van der Waals surface area contributed by atoms with E-state index in [1.165, 1.54) is 12.3 Å². The molecule has 0 aliphatic carbocycles. The smallest absolute Gasteiger partial charge is 0.354 e. The van der Waals surface area contributed by atoms with Crippen molar-refractivity contribution in [1.29, 1.82) is 0 Å². The van der Waals surface area contributed by atoms with Gasteiger partial charge >= 0.3 is 12.0 Å². The first-order valence-corrected chi connectivity index (χ1v) is 11.0. The molecule has 2 heterocycles. The van der Waals surface area contributed by atoms with E-state index < -0.39 is 12.0 Å². The lowest BCUT2D eigenvalue weighted by Gasteiger charge is -2.27. The van der Waals surface area contributed by atoms with Crippen LogP contribution in [0.15, 0.2) is 60.8 Å². The summed E-state index contributed by atoms with van der Waals surface area (Å²) >= 11 is 6.33. The van der Waals surface area contributed by atoms with Gasteiger partial charge in [0.2, 0.25) is 0 Å². The van der Waals surface area contributed by atoms with Crippen molar-refractivity contribution in [3.63, 3.8) is 0 Å². The zero-order chi connectivity index (χ0) is 24.8. The number of carbonyl (C=O) groups is 3. The second-order valence-electron chi connectivity index (χ2n) is 7.50. The Morgan fingerprint density at radius 3 is 2.63 bits per heavy atom. The minimum Gasteiger partial charge on any atom is -0.477 e. The first-order valence-electron chi connectivity index (χ1n) is 10.6. The maximum absolute atomic E-state index is 12.3. The molecule has 2 aromatic carbocycles. The van der Waals surface area contributed by atoms with Gasteiger partial charge in [-0.1, -0.05) is 23.7 Å². The normalized spacial score (nSPS) is 13.3. The van der Waals surface area contributed by atoms with Gasteiger partial charge in [-0.2, -0.15) is 0 Å². The number of aromatic nitrogens is 1. The molecule has 0 bridgehead atoms. The Morgan fingerprint density at radius 2 is 1.91 bits per heavy atom. The third kappa shape index (κ3) is 6.25. The molecule has 0 saturated carbocycles. The quantitative estimate of drug-likeness (QED) is 0.452. The number of nitrogens with one attached hydrogen (secondary N) is 2. The fourth-order valence-corrected chi connectivity index (χ4v) is 3.62. The number of carbonyl (C=O) groups excluding carboxylic acids is 2. The van der Waals surface area contributed by atoms with Crippen molar-refractivity contribution >= 4 is 40.9 Å². The average Bonchev–Trinajstić information content (AvgIpc) is 2.84. The number of amides is 3. The van der Waals surface area contributed by atoms with E-state index in [-0.39, 0.29) is 24.8 Å². The van der Waals surface area contributed by atoms with Crippen molar-refractivity contribution in [3.8, 4) is 11.5 Å². The molecule has 3 N–H and O–H groups in total. The van der Waals surface area contributed by atoms with E-state index in [0.717, 1.165) is 5.56 Å². The Bertz CT molecular complexity index is 1250.